The number of amides is 1. The number of carbonyl (C=O) groups is 1. The molecule has 0 aliphatic rings. The van der Waals surface area contributed by atoms with Gasteiger partial charge in [0.25, 0.3) is 0 Å². The summed E-state index contributed by atoms with van der Waals surface area (Å²) in [6.07, 6.45) is -4.34. The minimum atomic E-state index is -4.34. The molecule has 0 aromatic heterocycles. The highest BCUT2D eigenvalue weighted by Crippen LogP contribution is 2.31. The smallest absolute Gasteiger partial charge is 0.350 e. The molecule has 2 rings (SSSR count). The van der Waals surface area contributed by atoms with Crippen LogP contribution in [0.4, 0.5) is 13.2 Å². The Balaban J connectivity index is 2.12. The van der Waals surface area contributed by atoms with Gasteiger partial charge in [-0.25, -0.2) is 0 Å². The summed E-state index contributed by atoms with van der Waals surface area (Å²) in [4.78, 5) is 12.1. The molecule has 6 heteroatoms. The molecule has 2 aromatic rings. The van der Waals surface area contributed by atoms with Crippen LogP contribution in [0.1, 0.15) is 25.0 Å². The second-order valence-corrected chi connectivity index (χ2v) is 6.33. The number of hydrogen-bond acceptors (Lipinski definition) is 2. The predicted octanol–water partition coefficient (Wildman–Crippen LogP) is 3.99. The number of nitrogens with one attached hydrogen (secondary N) is 2. The van der Waals surface area contributed by atoms with E-state index in [1.807, 2.05) is 24.3 Å². The molecule has 0 spiro atoms. The summed E-state index contributed by atoms with van der Waals surface area (Å²) in [7, 11) is 1.71. The Hall–Kier alpha value is -2.34. The highest BCUT2D eigenvalue weighted by atomic mass is 19.4. The molecule has 3 nitrogen and oxygen atoms in total. The van der Waals surface area contributed by atoms with E-state index in [-0.39, 0.29) is 5.91 Å². The summed E-state index contributed by atoms with van der Waals surface area (Å²) in [5, 5.41) is 5.78. The summed E-state index contributed by atoms with van der Waals surface area (Å²) >= 11 is 0. The largest absolute Gasteiger partial charge is 0.416 e. The fraction of sp³-hybridized carbons (Fsp3) is 0.316. The predicted molar refractivity (Wildman–Crippen MR) is 91.9 cm³/mol. The fourth-order valence-electron chi connectivity index (χ4n) is 2.23. The lowest BCUT2D eigenvalue weighted by Gasteiger charge is -2.22. The summed E-state index contributed by atoms with van der Waals surface area (Å²) < 4.78 is 37.9. The standard InChI is InChI=1S/C19H21F3N2O/c1-18(2,23-3)17(25)24-12-13-5-4-6-15(11-13)14-7-9-16(10-8-14)19(20,21)22/h4-11,23H,12H2,1-3H3,(H,24,25). The van der Waals surface area contributed by atoms with E-state index in [1.165, 1.54) is 12.1 Å². The molecule has 0 saturated heterocycles. The van der Waals surface area contributed by atoms with Gasteiger partial charge in [0.05, 0.1) is 11.1 Å². The van der Waals surface area contributed by atoms with Crippen LogP contribution in [0, 0.1) is 0 Å². The van der Waals surface area contributed by atoms with Gasteiger partial charge >= 0.3 is 6.18 Å². The quantitative estimate of drug-likeness (QED) is 0.856. The number of alkyl halides is 3. The number of hydrogen-bond donors (Lipinski definition) is 2. The number of rotatable bonds is 5. The first-order valence-corrected chi connectivity index (χ1v) is 7.87. The number of carbonyl (C=O) groups excluding carboxylic acids is 1. The number of benzene rings is 2. The van der Waals surface area contributed by atoms with Crippen LogP contribution in [0.5, 0.6) is 0 Å². The molecule has 0 radical (unpaired) electrons. The van der Waals surface area contributed by atoms with Gasteiger partial charge in [-0.1, -0.05) is 30.3 Å². The number of likely N-dealkylation sites (N-methyl/N-ethyl adjacent to an activating group) is 1. The van der Waals surface area contributed by atoms with Crippen molar-refractivity contribution < 1.29 is 18.0 Å². The Morgan fingerprint density at radius 3 is 2.20 bits per heavy atom. The molecule has 0 bridgehead atoms. The third-order valence-corrected chi connectivity index (χ3v) is 4.12. The molecule has 134 valence electrons. The van der Waals surface area contributed by atoms with Gasteiger partial charge < -0.3 is 10.6 Å². The molecule has 2 N–H and O–H groups in total. The van der Waals surface area contributed by atoms with Crippen LogP contribution in [-0.4, -0.2) is 18.5 Å². The monoisotopic (exact) mass is 350 g/mol. The Bertz CT molecular complexity index is 737. The average Bonchev–Trinajstić information content (AvgIpc) is 2.59. The van der Waals surface area contributed by atoms with Crippen molar-refractivity contribution in [3.8, 4) is 11.1 Å². The lowest BCUT2D eigenvalue weighted by Crippen LogP contribution is -2.50. The molecule has 0 saturated carbocycles. The normalized spacial score (nSPS) is 12.1. The molecule has 25 heavy (non-hydrogen) atoms. The minimum absolute atomic E-state index is 0.130. The third kappa shape index (κ3) is 4.82. The maximum atomic E-state index is 12.6. The van der Waals surface area contributed by atoms with E-state index in [2.05, 4.69) is 10.6 Å². The average molecular weight is 350 g/mol. The van der Waals surface area contributed by atoms with Crippen molar-refractivity contribution in [2.45, 2.75) is 32.1 Å². The topological polar surface area (TPSA) is 41.1 Å². The van der Waals surface area contributed by atoms with Crippen LogP contribution in [0.15, 0.2) is 48.5 Å². The Kier molecular flexibility index (Phi) is 5.52. The van der Waals surface area contributed by atoms with E-state index in [9.17, 15) is 18.0 Å². The van der Waals surface area contributed by atoms with Crippen molar-refractivity contribution in [2.24, 2.45) is 0 Å². The Morgan fingerprint density at radius 2 is 1.64 bits per heavy atom. The minimum Gasteiger partial charge on any atom is -0.350 e. The first-order valence-electron chi connectivity index (χ1n) is 7.87. The first-order chi connectivity index (χ1) is 11.6. The van der Waals surface area contributed by atoms with Crippen molar-refractivity contribution in [2.75, 3.05) is 7.05 Å². The van der Waals surface area contributed by atoms with Crippen molar-refractivity contribution in [1.82, 2.24) is 10.6 Å². The van der Waals surface area contributed by atoms with Crippen LogP contribution in [0.25, 0.3) is 11.1 Å². The van der Waals surface area contributed by atoms with E-state index >= 15 is 0 Å². The Morgan fingerprint density at radius 1 is 1.00 bits per heavy atom. The van der Waals surface area contributed by atoms with Gasteiger partial charge in [0.1, 0.15) is 0 Å². The number of halogens is 3. The van der Waals surface area contributed by atoms with Crippen molar-refractivity contribution >= 4 is 5.91 Å². The van der Waals surface area contributed by atoms with E-state index < -0.39 is 17.3 Å². The molecule has 0 aliphatic carbocycles. The maximum Gasteiger partial charge on any atom is 0.416 e. The van der Waals surface area contributed by atoms with Crippen LogP contribution in [0.3, 0.4) is 0 Å². The van der Waals surface area contributed by atoms with E-state index in [1.54, 1.807) is 20.9 Å². The second kappa shape index (κ2) is 7.27. The molecule has 0 unspecified atom stereocenters. The summed E-state index contributed by atoms with van der Waals surface area (Å²) in [5.74, 6) is -0.130. The van der Waals surface area contributed by atoms with E-state index in [0.717, 1.165) is 23.3 Å². The van der Waals surface area contributed by atoms with Gasteiger partial charge in [-0.2, -0.15) is 13.2 Å². The van der Waals surface area contributed by atoms with Gasteiger partial charge in [0, 0.05) is 6.54 Å². The van der Waals surface area contributed by atoms with Crippen LogP contribution in [0.2, 0.25) is 0 Å². The van der Waals surface area contributed by atoms with Gasteiger partial charge in [-0.15, -0.1) is 0 Å². The molecule has 1 amide bonds. The molecular formula is C19H21F3N2O. The van der Waals surface area contributed by atoms with Gasteiger partial charge in [0.15, 0.2) is 0 Å². The molecular weight excluding hydrogens is 329 g/mol. The molecule has 2 aromatic carbocycles. The SMILES string of the molecule is CNC(C)(C)C(=O)NCc1cccc(-c2ccc(C(F)(F)F)cc2)c1. The third-order valence-electron chi connectivity index (χ3n) is 4.12. The zero-order valence-electron chi connectivity index (χ0n) is 14.4. The molecule has 0 heterocycles. The van der Waals surface area contributed by atoms with Gasteiger partial charge in [-0.3, -0.25) is 4.79 Å². The fourth-order valence-corrected chi connectivity index (χ4v) is 2.23. The van der Waals surface area contributed by atoms with Crippen molar-refractivity contribution in [1.29, 1.82) is 0 Å². The summed E-state index contributed by atoms with van der Waals surface area (Å²) in [6, 6.07) is 12.4. The highest BCUT2D eigenvalue weighted by molar-refractivity contribution is 5.85. The van der Waals surface area contributed by atoms with Gasteiger partial charge in [0.2, 0.25) is 5.91 Å². The van der Waals surface area contributed by atoms with E-state index in [0.29, 0.717) is 12.1 Å². The van der Waals surface area contributed by atoms with Crippen LogP contribution < -0.4 is 10.6 Å². The summed E-state index contributed by atoms with van der Waals surface area (Å²) in [6.45, 7) is 3.90. The lowest BCUT2D eigenvalue weighted by molar-refractivity contribution is -0.137. The Labute approximate surface area is 145 Å². The van der Waals surface area contributed by atoms with Crippen molar-refractivity contribution in [3.63, 3.8) is 0 Å². The van der Waals surface area contributed by atoms with Crippen molar-refractivity contribution in [3.05, 3.63) is 59.7 Å². The highest BCUT2D eigenvalue weighted by Gasteiger charge is 2.30. The zero-order valence-corrected chi connectivity index (χ0v) is 14.4. The molecule has 0 aliphatic heterocycles. The van der Waals surface area contributed by atoms with Crippen LogP contribution >= 0.6 is 0 Å². The maximum absolute atomic E-state index is 12.6. The molecule has 0 fully saturated rings. The second-order valence-electron chi connectivity index (χ2n) is 6.33. The first kappa shape index (κ1) is 19.0. The van der Waals surface area contributed by atoms with Crippen LogP contribution in [-0.2, 0) is 17.5 Å². The lowest BCUT2D eigenvalue weighted by atomic mass is 10.0. The van der Waals surface area contributed by atoms with E-state index in [4.69, 9.17) is 0 Å². The summed E-state index contributed by atoms with van der Waals surface area (Å²) in [5.41, 5.74) is 1.02. The molecule has 0 atom stereocenters. The van der Waals surface area contributed by atoms with Gasteiger partial charge in [-0.05, 0) is 55.8 Å². The zero-order chi connectivity index (χ0) is 18.7.